The Bertz CT molecular complexity index is 1250. The summed E-state index contributed by atoms with van der Waals surface area (Å²) in [7, 11) is 0. The number of ketones is 1. The first-order chi connectivity index (χ1) is 16.5. The number of esters is 1. The highest BCUT2D eigenvalue weighted by atomic mass is 35.5. The molecule has 0 radical (unpaired) electrons. The van der Waals surface area contributed by atoms with E-state index in [4.69, 9.17) is 21.1 Å². The Morgan fingerprint density at radius 1 is 0.765 bits per heavy atom. The summed E-state index contributed by atoms with van der Waals surface area (Å²) < 4.78 is 11.5. The van der Waals surface area contributed by atoms with Crippen LogP contribution >= 0.6 is 11.6 Å². The monoisotopic (exact) mass is 470 g/mol. The first kappa shape index (κ1) is 23.3. The van der Waals surface area contributed by atoms with Crippen LogP contribution in [0.25, 0.3) is 0 Å². The van der Waals surface area contributed by atoms with Crippen LogP contribution in [0.1, 0.15) is 43.5 Å². The largest absolute Gasteiger partial charge is 0.489 e. The lowest BCUT2D eigenvalue weighted by Crippen LogP contribution is -2.20. The van der Waals surface area contributed by atoms with E-state index in [9.17, 15) is 9.59 Å². The molecule has 0 fully saturated rings. The molecule has 34 heavy (non-hydrogen) atoms. The number of rotatable bonds is 8. The number of Topliss-reactive ketones (excluding diaryl/α,β-unsaturated/α-hetero) is 1. The molecule has 4 aromatic carbocycles. The zero-order valence-corrected chi connectivity index (χ0v) is 19.4. The van der Waals surface area contributed by atoms with Crippen molar-refractivity contribution in [1.29, 1.82) is 0 Å². The third-order valence-electron chi connectivity index (χ3n) is 5.31. The number of halogens is 1. The molecule has 1 atom stereocenters. The molecular weight excluding hydrogens is 448 g/mol. The third kappa shape index (κ3) is 5.91. The number of hydrogen-bond donors (Lipinski definition) is 0. The predicted octanol–water partition coefficient (Wildman–Crippen LogP) is 7.01. The molecule has 0 aromatic heterocycles. The number of carbonyl (C=O) groups excluding carboxylic acids is 2. The molecule has 0 aliphatic heterocycles. The fraction of sp³-hybridized carbons (Fsp3) is 0.103. The van der Waals surface area contributed by atoms with Gasteiger partial charge in [-0.1, -0.05) is 83.9 Å². The van der Waals surface area contributed by atoms with Crippen molar-refractivity contribution >= 4 is 23.4 Å². The van der Waals surface area contributed by atoms with E-state index in [1.807, 2.05) is 37.3 Å². The smallest absolute Gasteiger partial charge is 0.339 e. The standard InChI is InChI=1S/C29H23ClO4/c1-20-7-17-26(18-8-20)33-19-21-9-11-24(12-10-21)29(32)34-28(23-13-15-25(30)16-14-23)27(31)22-5-3-2-4-6-22/h2-18,28H,19H2,1H3/t28-/m1/s1. The van der Waals surface area contributed by atoms with Gasteiger partial charge in [-0.2, -0.15) is 0 Å². The fourth-order valence-electron chi connectivity index (χ4n) is 3.38. The molecule has 0 N–H and O–H groups in total. The molecule has 170 valence electrons. The van der Waals surface area contributed by atoms with Crippen LogP contribution in [0, 0.1) is 6.92 Å². The number of aryl methyl sites for hydroxylation is 1. The SMILES string of the molecule is Cc1ccc(OCc2ccc(C(=O)O[C@@H](C(=O)c3ccccc3)c3ccc(Cl)cc3)cc2)cc1. The molecule has 4 rings (SSSR count). The van der Waals surface area contributed by atoms with Crippen molar-refractivity contribution in [3.8, 4) is 5.75 Å². The van der Waals surface area contributed by atoms with E-state index in [0.717, 1.165) is 16.9 Å². The average Bonchev–Trinajstić information content (AvgIpc) is 2.88. The summed E-state index contributed by atoms with van der Waals surface area (Å²) in [6.45, 7) is 2.39. The molecule has 0 bridgehead atoms. The Balaban J connectivity index is 1.47. The second-order valence-electron chi connectivity index (χ2n) is 7.87. The van der Waals surface area contributed by atoms with Crippen molar-refractivity contribution in [1.82, 2.24) is 0 Å². The van der Waals surface area contributed by atoms with Gasteiger partial charge in [0, 0.05) is 16.1 Å². The van der Waals surface area contributed by atoms with Gasteiger partial charge < -0.3 is 9.47 Å². The van der Waals surface area contributed by atoms with Crippen LogP contribution in [0.15, 0.2) is 103 Å². The molecule has 0 saturated heterocycles. The van der Waals surface area contributed by atoms with E-state index in [1.165, 1.54) is 0 Å². The molecule has 4 aromatic rings. The Morgan fingerprint density at radius 2 is 1.41 bits per heavy atom. The van der Waals surface area contributed by atoms with Crippen LogP contribution in [-0.4, -0.2) is 11.8 Å². The van der Waals surface area contributed by atoms with Crippen molar-refractivity contribution in [2.24, 2.45) is 0 Å². The number of hydrogen-bond acceptors (Lipinski definition) is 4. The molecule has 0 aliphatic carbocycles. The van der Waals surface area contributed by atoms with Crippen molar-refractivity contribution in [2.45, 2.75) is 19.6 Å². The zero-order valence-electron chi connectivity index (χ0n) is 18.6. The van der Waals surface area contributed by atoms with Crippen LogP contribution in [0.3, 0.4) is 0 Å². The number of carbonyl (C=O) groups is 2. The topological polar surface area (TPSA) is 52.6 Å². The van der Waals surface area contributed by atoms with Crippen molar-refractivity contribution in [3.05, 3.63) is 136 Å². The average molecular weight is 471 g/mol. The molecule has 0 amide bonds. The Hall–Kier alpha value is -3.89. The minimum atomic E-state index is -1.09. The van der Waals surface area contributed by atoms with Crippen LogP contribution in [0.2, 0.25) is 5.02 Å². The van der Waals surface area contributed by atoms with Crippen LogP contribution in [-0.2, 0) is 11.3 Å². The second kappa shape index (κ2) is 10.8. The normalized spacial score (nSPS) is 11.5. The quantitative estimate of drug-likeness (QED) is 0.205. The minimum absolute atomic E-state index is 0.306. The van der Waals surface area contributed by atoms with E-state index >= 15 is 0 Å². The highest BCUT2D eigenvalue weighted by Crippen LogP contribution is 2.26. The lowest BCUT2D eigenvalue weighted by molar-refractivity contribution is 0.0280. The van der Waals surface area contributed by atoms with E-state index in [2.05, 4.69) is 0 Å². The first-order valence-corrected chi connectivity index (χ1v) is 11.2. The van der Waals surface area contributed by atoms with Gasteiger partial charge in [-0.25, -0.2) is 4.79 Å². The van der Waals surface area contributed by atoms with Gasteiger partial charge in [0.05, 0.1) is 5.56 Å². The van der Waals surface area contributed by atoms with Gasteiger partial charge in [0.25, 0.3) is 0 Å². The van der Waals surface area contributed by atoms with Crippen molar-refractivity contribution < 1.29 is 19.1 Å². The minimum Gasteiger partial charge on any atom is -0.489 e. The summed E-state index contributed by atoms with van der Waals surface area (Å²) in [5.41, 5.74) is 3.43. The van der Waals surface area contributed by atoms with Crippen molar-refractivity contribution in [2.75, 3.05) is 0 Å². The molecule has 5 heteroatoms. The maximum Gasteiger partial charge on any atom is 0.339 e. The Kier molecular flexibility index (Phi) is 7.41. The van der Waals surface area contributed by atoms with E-state index in [1.54, 1.807) is 72.8 Å². The maximum absolute atomic E-state index is 13.2. The highest BCUT2D eigenvalue weighted by molar-refractivity contribution is 6.30. The van der Waals surface area contributed by atoms with Crippen LogP contribution in [0.5, 0.6) is 5.75 Å². The van der Waals surface area contributed by atoms with E-state index in [-0.39, 0.29) is 5.78 Å². The van der Waals surface area contributed by atoms with E-state index in [0.29, 0.717) is 28.3 Å². The highest BCUT2D eigenvalue weighted by Gasteiger charge is 2.26. The summed E-state index contributed by atoms with van der Waals surface area (Å²) in [6, 6.07) is 30.2. The molecular formula is C29H23ClO4. The van der Waals surface area contributed by atoms with Gasteiger partial charge in [0.15, 0.2) is 6.10 Å². The fourth-order valence-corrected chi connectivity index (χ4v) is 3.50. The van der Waals surface area contributed by atoms with E-state index < -0.39 is 12.1 Å². The zero-order chi connectivity index (χ0) is 23.9. The molecule has 0 saturated carbocycles. The third-order valence-corrected chi connectivity index (χ3v) is 5.56. The Morgan fingerprint density at radius 3 is 2.06 bits per heavy atom. The molecule has 0 unspecified atom stereocenters. The second-order valence-corrected chi connectivity index (χ2v) is 8.30. The summed E-state index contributed by atoms with van der Waals surface area (Å²) in [5.74, 6) is -0.117. The number of benzene rings is 4. The summed E-state index contributed by atoms with van der Waals surface area (Å²) in [5, 5.41) is 0.532. The molecule has 0 spiro atoms. The van der Waals surface area contributed by atoms with Gasteiger partial charge in [-0.15, -0.1) is 0 Å². The van der Waals surface area contributed by atoms with Gasteiger partial charge in [-0.3, -0.25) is 4.79 Å². The van der Waals surface area contributed by atoms with Crippen LogP contribution < -0.4 is 4.74 Å². The van der Waals surface area contributed by atoms with Crippen molar-refractivity contribution in [3.63, 3.8) is 0 Å². The van der Waals surface area contributed by atoms with Crippen LogP contribution in [0.4, 0.5) is 0 Å². The predicted molar refractivity (Wildman–Crippen MR) is 132 cm³/mol. The lowest BCUT2D eigenvalue weighted by atomic mass is 9.99. The summed E-state index contributed by atoms with van der Waals surface area (Å²) >= 11 is 6.00. The maximum atomic E-state index is 13.2. The summed E-state index contributed by atoms with van der Waals surface area (Å²) in [6.07, 6.45) is -1.09. The van der Waals surface area contributed by atoms with Gasteiger partial charge >= 0.3 is 5.97 Å². The van der Waals surface area contributed by atoms with Gasteiger partial charge in [-0.05, 0) is 48.9 Å². The van der Waals surface area contributed by atoms with Gasteiger partial charge in [0.1, 0.15) is 12.4 Å². The Labute approximate surface area is 203 Å². The molecule has 0 heterocycles. The summed E-state index contributed by atoms with van der Waals surface area (Å²) in [4.78, 5) is 26.1. The molecule has 0 aliphatic rings. The first-order valence-electron chi connectivity index (χ1n) is 10.8. The molecule has 4 nitrogen and oxygen atoms in total. The lowest BCUT2D eigenvalue weighted by Gasteiger charge is -2.18. The number of ether oxygens (including phenoxy) is 2. The van der Waals surface area contributed by atoms with Gasteiger partial charge in [0.2, 0.25) is 5.78 Å².